The Morgan fingerprint density at radius 3 is 2.21 bits per heavy atom. The number of para-hydroxylation sites is 1. The molecule has 4 nitrogen and oxygen atoms in total. The summed E-state index contributed by atoms with van der Waals surface area (Å²) in [5.74, 6) is 0.490. The summed E-state index contributed by atoms with van der Waals surface area (Å²) in [4.78, 5) is 15.7. The van der Waals surface area contributed by atoms with Crippen molar-refractivity contribution in [2.24, 2.45) is 5.92 Å². The van der Waals surface area contributed by atoms with Crippen LogP contribution in [-0.4, -0.2) is 37.0 Å². The SMILES string of the molecule is O=C(C1CCNCC1)N(CCOc1ccccc1)[C@H](c1ccc(F)cc1)c1ccc(Cl)cc1. The summed E-state index contributed by atoms with van der Waals surface area (Å²) in [5.41, 5.74) is 1.77. The fraction of sp³-hybridized carbons (Fsp3) is 0.296. The Labute approximate surface area is 199 Å². The average molecular weight is 467 g/mol. The van der Waals surface area contributed by atoms with Gasteiger partial charge in [-0.3, -0.25) is 4.79 Å². The molecule has 0 aromatic heterocycles. The minimum atomic E-state index is -0.371. The van der Waals surface area contributed by atoms with Crippen LogP contribution in [0.2, 0.25) is 5.02 Å². The van der Waals surface area contributed by atoms with Crippen LogP contribution in [0.3, 0.4) is 0 Å². The summed E-state index contributed by atoms with van der Waals surface area (Å²) in [5, 5.41) is 3.95. The van der Waals surface area contributed by atoms with Gasteiger partial charge in [0.15, 0.2) is 0 Å². The number of hydrogen-bond acceptors (Lipinski definition) is 3. The number of piperidine rings is 1. The fourth-order valence-corrected chi connectivity index (χ4v) is 4.42. The maximum atomic E-state index is 13.8. The molecule has 1 heterocycles. The quantitative estimate of drug-likeness (QED) is 0.478. The summed E-state index contributed by atoms with van der Waals surface area (Å²) >= 11 is 6.14. The first-order valence-electron chi connectivity index (χ1n) is 11.3. The number of benzene rings is 3. The highest BCUT2D eigenvalue weighted by Crippen LogP contribution is 2.32. The van der Waals surface area contributed by atoms with Gasteiger partial charge in [-0.05, 0) is 73.5 Å². The number of amides is 1. The normalized spacial score (nSPS) is 15.1. The molecule has 0 aliphatic carbocycles. The van der Waals surface area contributed by atoms with Crippen molar-refractivity contribution in [3.8, 4) is 5.75 Å². The molecule has 3 aromatic carbocycles. The molecule has 1 atom stereocenters. The maximum absolute atomic E-state index is 13.8. The topological polar surface area (TPSA) is 41.6 Å². The summed E-state index contributed by atoms with van der Waals surface area (Å²) in [6, 6.07) is 23.1. The van der Waals surface area contributed by atoms with Gasteiger partial charge in [-0.2, -0.15) is 0 Å². The van der Waals surface area contributed by atoms with E-state index in [0.29, 0.717) is 18.2 Å². The second-order valence-electron chi connectivity index (χ2n) is 8.22. The molecule has 33 heavy (non-hydrogen) atoms. The van der Waals surface area contributed by atoms with Crippen LogP contribution in [0.25, 0.3) is 0 Å². The lowest BCUT2D eigenvalue weighted by Gasteiger charge is -2.36. The Hall–Kier alpha value is -2.89. The molecule has 1 amide bonds. The van der Waals surface area contributed by atoms with E-state index in [1.165, 1.54) is 12.1 Å². The van der Waals surface area contributed by atoms with Gasteiger partial charge in [0.25, 0.3) is 0 Å². The van der Waals surface area contributed by atoms with Crippen LogP contribution in [0.4, 0.5) is 4.39 Å². The summed E-state index contributed by atoms with van der Waals surface area (Å²) in [7, 11) is 0. The van der Waals surface area contributed by atoms with Crippen molar-refractivity contribution in [1.82, 2.24) is 10.2 Å². The van der Waals surface area contributed by atoms with E-state index in [1.54, 1.807) is 12.1 Å². The van der Waals surface area contributed by atoms with E-state index in [0.717, 1.165) is 42.8 Å². The largest absolute Gasteiger partial charge is 0.492 e. The van der Waals surface area contributed by atoms with Crippen molar-refractivity contribution in [3.63, 3.8) is 0 Å². The Morgan fingerprint density at radius 1 is 0.970 bits per heavy atom. The predicted molar refractivity (Wildman–Crippen MR) is 129 cm³/mol. The molecular formula is C27H28ClFN2O2. The average Bonchev–Trinajstić information content (AvgIpc) is 2.86. The summed E-state index contributed by atoms with van der Waals surface area (Å²) in [6.07, 6.45) is 1.59. The van der Waals surface area contributed by atoms with Gasteiger partial charge < -0.3 is 15.0 Å². The molecule has 6 heteroatoms. The van der Waals surface area contributed by atoms with Crippen molar-refractivity contribution in [2.75, 3.05) is 26.2 Å². The Bertz CT molecular complexity index is 977. The molecule has 3 aromatic rings. The first-order valence-corrected chi connectivity index (χ1v) is 11.7. The van der Waals surface area contributed by atoms with Crippen LogP contribution in [0.5, 0.6) is 5.75 Å². The van der Waals surface area contributed by atoms with E-state index in [1.807, 2.05) is 59.5 Å². The van der Waals surface area contributed by atoms with Gasteiger partial charge in [0.1, 0.15) is 18.2 Å². The van der Waals surface area contributed by atoms with Gasteiger partial charge in [0, 0.05) is 10.9 Å². The molecule has 1 aliphatic heterocycles. The van der Waals surface area contributed by atoms with E-state index in [-0.39, 0.29) is 23.7 Å². The number of halogens is 2. The number of carbonyl (C=O) groups is 1. The molecule has 0 radical (unpaired) electrons. The molecule has 4 rings (SSSR count). The van der Waals surface area contributed by atoms with Crippen LogP contribution in [0, 0.1) is 11.7 Å². The number of nitrogens with zero attached hydrogens (tertiary/aromatic N) is 1. The molecule has 0 spiro atoms. The highest BCUT2D eigenvalue weighted by atomic mass is 35.5. The van der Waals surface area contributed by atoms with Crippen LogP contribution >= 0.6 is 11.6 Å². The van der Waals surface area contributed by atoms with Gasteiger partial charge in [-0.15, -0.1) is 0 Å². The number of rotatable bonds is 8. The Balaban J connectivity index is 1.66. The van der Waals surface area contributed by atoms with Gasteiger partial charge in [-0.25, -0.2) is 4.39 Å². The fourth-order valence-electron chi connectivity index (χ4n) is 4.29. The number of nitrogens with one attached hydrogen (secondary N) is 1. The summed E-state index contributed by atoms with van der Waals surface area (Å²) in [6.45, 7) is 2.41. The van der Waals surface area contributed by atoms with E-state index >= 15 is 0 Å². The third-order valence-corrected chi connectivity index (χ3v) is 6.25. The van der Waals surface area contributed by atoms with Crippen LogP contribution in [0.15, 0.2) is 78.9 Å². The molecule has 0 saturated carbocycles. The van der Waals surface area contributed by atoms with Crippen molar-refractivity contribution in [1.29, 1.82) is 0 Å². The van der Waals surface area contributed by atoms with Gasteiger partial charge in [0.2, 0.25) is 5.91 Å². The van der Waals surface area contributed by atoms with E-state index in [4.69, 9.17) is 16.3 Å². The molecule has 172 valence electrons. The smallest absolute Gasteiger partial charge is 0.226 e. The molecule has 0 bridgehead atoms. The van der Waals surface area contributed by atoms with E-state index < -0.39 is 0 Å². The molecule has 1 N–H and O–H groups in total. The van der Waals surface area contributed by atoms with E-state index in [2.05, 4.69) is 5.32 Å². The van der Waals surface area contributed by atoms with Crippen molar-refractivity contribution in [2.45, 2.75) is 18.9 Å². The van der Waals surface area contributed by atoms with Crippen LogP contribution < -0.4 is 10.1 Å². The van der Waals surface area contributed by atoms with Crippen molar-refractivity contribution in [3.05, 3.63) is 101 Å². The van der Waals surface area contributed by atoms with Crippen LogP contribution in [0.1, 0.15) is 30.0 Å². The predicted octanol–water partition coefficient (Wildman–Crippen LogP) is 5.48. The Morgan fingerprint density at radius 2 is 1.58 bits per heavy atom. The third-order valence-electron chi connectivity index (χ3n) is 6.00. The molecular weight excluding hydrogens is 439 g/mol. The standard InChI is InChI=1S/C27H28ClFN2O2/c28-23-10-6-20(7-11-23)26(21-8-12-24(29)13-9-21)31(27(32)22-14-16-30-17-15-22)18-19-33-25-4-2-1-3-5-25/h1-13,22,26,30H,14-19H2/t26-/m0/s1. The first kappa shape index (κ1) is 23.3. The first-order chi connectivity index (χ1) is 16.1. The van der Waals surface area contributed by atoms with Crippen molar-refractivity contribution < 1.29 is 13.9 Å². The highest BCUT2D eigenvalue weighted by molar-refractivity contribution is 6.30. The Kier molecular flexibility index (Phi) is 7.97. The molecule has 1 saturated heterocycles. The lowest BCUT2D eigenvalue weighted by atomic mass is 9.92. The van der Waals surface area contributed by atoms with Gasteiger partial charge in [-0.1, -0.05) is 54.1 Å². The highest BCUT2D eigenvalue weighted by Gasteiger charge is 2.32. The molecule has 1 fully saturated rings. The minimum Gasteiger partial charge on any atom is -0.492 e. The van der Waals surface area contributed by atoms with Gasteiger partial charge in [0.05, 0.1) is 12.6 Å². The number of carbonyl (C=O) groups excluding carboxylic acids is 1. The van der Waals surface area contributed by atoms with E-state index in [9.17, 15) is 9.18 Å². The zero-order valence-corrected chi connectivity index (χ0v) is 19.2. The molecule has 0 unspecified atom stereocenters. The lowest BCUT2D eigenvalue weighted by molar-refractivity contribution is -0.138. The second-order valence-corrected chi connectivity index (χ2v) is 8.66. The third kappa shape index (κ3) is 6.12. The van der Waals surface area contributed by atoms with Gasteiger partial charge >= 0.3 is 0 Å². The number of hydrogen-bond donors (Lipinski definition) is 1. The monoisotopic (exact) mass is 466 g/mol. The zero-order valence-electron chi connectivity index (χ0n) is 18.4. The second kappa shape index (κ2) is 11.3. The minimum absolute atomic E-state index is 0.0572. The zero-order chi connectivity index (χ0) is 23.0. The maximum Gasteiger partial charge on any atom is 0.226 e. The lowest BCUT2D eigenvalue weighted by Crippen LogP contribution is -2.44. The molecule has 1 aliphatic rings. The summed E-state index contributed by atoms with van der Waals surface area (Å²) < 4.78 is 19.7. The number of ether oxygens (including phenoxy) is 1. The van der Waals surface area contributed by atoms with Crippen molar-refractivity contribution >= 4 is 17.5 Å². The van der Waals surface area contributed by atoms with Crippen LogP contribution in [-0.2, 0) is 4.79 Å².